The zero-order valence-electron chi connectivity index (χ0n) is 16.2. The first-order chi connectivity index (χ1) is 10.6. The van der Waals surface area contributed by atoms with Crippen molar-refractivity contribution < 1.29 is 3.07 Å². The summed E-state index contributed by atoms with van der Waals surface area (Å²) in [6.45, 7) is 5.63. The van der Waals surface area contributed by atoms with Crippen LogP contribution in [0.3, 0.4) is 0 Å². The van der Waals surface area contributed by atoms with Crippen molar-refractivity contribution >= 4 is 18.8 Å². The van der Waals surface area contributed by atoms with Crippen LogP contribution in [0.2, 0.25) is 14.3 Å². The Labute approximate surface area is 146 Å². The van der Waals surface area contributed by atoms with Gasteiger partial charge < -0.3 is 0 Å². The summed E-state index contributed by atoms with van der Waals surface area (Å²) in [6, 6.07) is 0. The molecule has 2 heteroatoms. The topological polar surface area (TPSA) is 9.23 Å². The molecule has 0 aromatic heterocycles. The Morgan fingerprint density at radius 3 is 1.45 bits per heavy atom. The fourth-order valence-electron chi connectivity index (χ4n) is 2.99. The van der Waals surface area contributed by atoms with Crippen LogP contribution in [-0.2, 0) is 3.07 Å². The van der Waals surface area contributed by atoms with Gasteiger partial charge >= 0.3 is 147 Å². The molecule has 0 N–H and O–H groups in total. The normalized spacial score (nSPS) is 12.0. The van der Waals surface area contributed by atoms with E-state index >= 15 is 0 Å². The number of hydrogen-bond donors (Lipinski definition) is 0. The Morgan fingerprint density at radius 1 is 0.545 bits per heavy atom. The van der Waals surface area contributed by atoms with Crippen LogP contribution in [0.25, 0.3) is 0 Å². The van der Waals surface area contributed by atoms with Gasteiger partial charge in [0.25, 0.3) is 0 Å². The molecule has 0 atom stereocenters. The van der Waals surface area contributed by atoms with Gasteiger partial charge in [-0.05, 0) is 0 Å². The van der Waals surface area contributed by atoms with Crippen LogP contribution in [0.1, 0.15) is 104 Å². The van der Waals surface area contributed by atoms with Crippen molar-refractivity contribution in [2.24, 2.45) is 0 Å². The fraction of sp³-hybridized carbons (Fsp3) is 1.00. The van der Waals surface area contributed by atoms with Crippen LogP contribution < -0.4 is 0 Å². The van der Waals surface area contributed by atoms with E-state index in [1.54, 1.807) is 0 Å². The summed E-state index contributed by atoms with van der Waals surface area (Å²) in [7, 11) is 0. The Balaban J connectivity index is 3.32. The molecule has 0 aliphatic carbocycles. The average Bonchev–Trinajstić information content (AvgIpc) is 2.49. The maximum atomic E-state index is 6.31. The quantitative estimate of drug-likeness (QED) is 0.173. The van der Waals surface area contributed by atoms with Crippen LogP contribution in [-0.4, -0.2) is 25.4 Å². The zero-order chi connectivity index (χ0) is 16.5. The Morgan fingerprint density at radius 2 is 0.955 bits per heavy atom. The van der Waals surface area contributed by atoms with Crippen molar-refractivity contribution in [3.05, 3.63) is 0 Å². The summed E-state index contributed by atoms with van der Waals surface area (Å²) in [5.41, 5.74) is 0. The molecule has 0 aliphatic heterocycles. The van der Waals surface area contributed by atoms with Gasteiger partial charge in [0.05, 0.1) is 0 Å². The molecule has 0 saturated heterocycles. The van der Waals surface area contributed by atoms with E-state index in [1.807, 2.05) is 0 Å². The summed E-state index contributed by atoms with van der Waals surface area (Å²) in [5.74, 6) is 0. The number of hydrogen-bond acceptors (Lipinski definition) is 1. The van der Waals surface area contributed by atoms with Gasteiger partial charge in [-0.15, -0.1) is 0 Å². The van der Waals surface area contributed by atoms with E-state index in [0.717, 1.165) is 6.61 Å². The third-order valence-corrected chi connectivity index (χ3v) is 11.9. The van der Waals surface area contributed by atoms with Crippen molar-refractivity contribution in [1.82, 2.24) is 0 Å². The van der Waals surface area contributed by atoms with E-state index in [9.17, 15) is 0 Å². The first-order valence-electron chi connectivity index (χ1n) is 10.3. The fourth-order valence-corrected chi connectivity index (χ4v) is 8.53. The summed E-state index contributed by atoms with van der Waals surface area (Å²) >= 11 is -2.10. The van der Waals surface area contributed by atoms with Gasteiger partial charge in [0, 0.05) is 0 Å². The Hall–Kier alpha value is 0.759. The van der Waals surface area contributed by atoms with E-state index < -0.39 is 18.8 Å². The van der Waals surface area contributed by atoms with E-state index in [1.165, 1.54) is 94.3 Å². The van der Waals surface area contributed by atoms with Crippen LogP contribution in [0.4, 0.5) is 0 Å². The molecule has 0 unspecified atom stereocenters. The van der Waals surface area contributed by atoms with Gasteiger partial charge in [-0.2, -0.15) is 0 Å². The third kappa shape index (κ3) is 17.1. The molecule has 0 aliphatic rings. The third-order valence-electron chi connectivity index (χ3n) is 4.62. The molecule has 0 heterocycles. The second-order valence-corrected chi connectivity index (χ2v) is 19.9. The molecule has 0 saturated carbocycles. The molecule has 0 aromatic rings. The van der Waals surface area contributed by atoms with Crippen molar-refractivity contribution in [2.45, 2.75) is 118 Å². The molecule has 0 amide bonds. The molecule has 134 valence electrons. The van der Waals surface area contributed by atoms with E-state index in [0.29, 0.717) is 0 Å². The molecular formula is C20H44OSn. The van der Waals surface area contributed by atoms with Gasteiger partial charge in [-0.25, -0.2) is 0 Å². The SMILES string of the molecule is CCCCCCCCCC[O][Sn]([CH3])([CH3])[CH2]CCCCCCC. The molecule has 0 radical (unpaired) electrons. The molecular weight excluding hydrogens is 375 g/mol. The number of unbranched alkanes of at least 4 members (excludes halogenated alkanes) is 12. The molecule has 0 aromatic carbocycles. The minimum atomic E-state index is -2.10. The minimum absolute atomic E-state index is 1.05. The van der Waals surface area contributed by atoms with Crippen molar-refractivity contribution in [3.63, 3.8) is 0 Å². The average molecular weight is 419 g/mol. The second-order valence-electron chi connectivity index (χ2n) is 7.60. The summed E-state index contributed by atoms with van der Waals surface area (Å²) < 4.78 is 7.74. The van der Waals surface area contributed by atoms with E-state index in [-0.39, 0.29) is 0 Å². The summed E-state index contributed by atoms with van der Waals surface area (Å²) in [4.78, 5) is 4.96. The van der Waals surface area contributed by atoms with E-state index in [2.05, 4.69) is 23.7 Å². The van der Waals surface area contributed by atoms with Crippen LogP contribution >= 0.6 is 0 Å². The first-order valence-corrected chi connectivity index (χ1v) is 19.2. The second kappa shape index (κ2) is 16.6. The van der Waals surface area contributed by atoms with Crippen molar-refractivity contribution in [3.8, 4) is 0 Å². The van der Waals surface area contributed by atoms with Crippen molar-refractivity contribution in [1.29, 1.82) is 0 Å². The van der Waals surface area contributed by atoms with Crippen LogP contribution in [0.5, 0.6) is 0 Å². The van der Waals surface area contributed by atoms with Crippen LogP contribution in [0, 0.1) is 0 Å². The molecule has 0 fully saturated rings. The van der Waals surface area contributed by atoms with Gasteiger partial charge in [0.15, 0.2) is 0 Å². The van der Waals surface area contributed by atoms with E-state index in [4.69, 9.17) is 3.07 Å². The standard InChI is InChI=1S/C10H21O.C8H17.2CH3.Sn/c1-2-3-4-5-6-7-8-9-10-11;1-3-5-7-8-6-4-2;;;/h2-10H2,1H3;1,3-8H2,2H3;2*1H3;/q-1;;;;+1. The predicted molar refractivity (Wildman–Crippen MR) is 104 cm³/mol. The van der Waals surface area contributed by atoms with Crippen LogP contribution in [0.15, 0.2) is 0 Å². The molecule has 0 rings (SSSR count). The Bertz CT molecular complexity index is 216. The summed E-state index contributed by atoms with van der Waals surface area (Å²) in [5, 5.41) is 0. The zero-order valence-corrected chi connectivity index (χ0v) is 19.1. The van der Waals surface area contributed by atoms with Gasteiger partial charge in [0.1, 0.15) is 0 Å². The monoisotopic (exact) mass is 420 g/mol. The molecule has 0 spiro atoms. The van der Waals surface area contributed by atoms with Gasteiger partial charge in [-0.1, -0.05) is 0 Å². The van der Waals surface area contributed by atoms with Crippen molar-refractivity contribution in [2.75, 3.05) is 6.61 Å². The van der Waals surface area contributed by atoms with Gasteiger partial charge in [0.2, 0.25) is 0 Å². The molecule has 0 bridgehead atoms. The maximum absolute atomic E-state index is 6.31. The summed E-state index contributed by atoms with van der Waals surface area (Å²) in [6.07, 6.45) is 19.7. The molecule has 22 heavy (non-hydrogen) atoms. The predicted octanol–water partition coefficient (Wildman–Crippen LogP) is 7.71. The van der Waals surface area contributed by atoms with Gasteiger partial charge in [-0.3, -0.25) is 0 Å². The Kier molecular flexibility index (Phi) is 17.2. The first kappa shape index (κ1) is 22.8. The number of rotatable bonds is 17. The molecule has 1 nitrogen and oxygen atoms in total.